The monoisotopic (exact) mass is 252 g/mol. The summed E-state index contributed by atoms with van der Waals surface area (Å²) in [5.74, 6) is 0. The summed E-state index contributed by atoms with van der Waals surface area (Å²) >= 11 is 12.1. The van der Waals surface area contributed by atoms with Crippen LogP contribution in [0.1, 0.15) is 0 Å². The average Bonchev–Trinajstić information content (AvgIpc) is 2.24. The van der Waals surface area contributed by atoms with E-state index >= 15 is 0 Å². The van der Waals surface area contributed by atoms with Crippen LogP contribution in [0.25, 0.3) is 11.1 Å². The Hall–Kier alpha value is -1.38. The fourth-order valence-corrected chi connectivity index (χ4v) is 1.99. The minimum absolute atomic E-state index is 0.451. The minimum atomic E-state index is 0.451. The second-order valence-corrected chi connectivity index (χ2v) is 4.24. The molecular weight excluding hydrogens is 243 g/mol. The molecule has 2 aromatic rings. The third kappa shape index (κ3) is 1.94. The Morgan fingerprint density at radius 1 is 0.938 bits per heavy atom. The fourth-order valence-electron chi connectivity index (χ4n) is 1.55. The number of anilines is 2. The highest BCUT2D eigenvalue weighted by Crippen LogP contribution is 2.38. The van der Waals surface area contributed by atoms with Crippen molar-refractivity contribution in [2.24, 2.45) is 0 Å². The van der Waals surface area contributed by atoms with Crippen LogP contribution in [0.2, 0.25) is 10.0 Å². The molecular formula is C12H10Cl2N2. The Balaban J connectivity index is 2.68. The van der Waals surface area contributed by atoms with Gasteiger partial charge in [0.15, 0.2) is 0 Å². The summed E-state index contributed by atoms with van der Waals surface area (Å²) in [5.41, 5.74) is 14.4. The lowest BCUT2D eigenvalue weighted by Crippen LogP contribution is -1.92. The molecule has 2 rings (SSSR count). The first-order chi connectivity index (χ1) is 7.59. The Bertz CT molecular complexity index is 539. The predicted molar refractivity (Wildman–Crippen MR) is 70.7 cm³/mol. The van der Waals surface area contributed by atoms with Crippen molar-refractivity contribution in [2.75, 3.05) is 11.5 Å². The lowest BCUT2D eigenvalue weighted by molar-refractivity contribution is 1.60. The molecule has 4 heteroatoms. The molecule has 0 unspecified atom stereocenters. The largest absolute Gasteiger partial charge is 0.399 e. The van der Waals surface area contributed by atoms with Crippen LogP contribution in [0.15, 0.2) is 36.4 Å². The summed E-state index contributed by atoms with van der Waals surface area (Å²) in [5, 5.41) is 0.931. The van der Waals surface area contributed by atoms with Crippen molar-refractivity contribution in [1.82, 2.24) is 0 Å². The number of nitrogens with two attached hydrogens (primary N) is 2. The van der Waals surface area contributed by atoms with Crippen LogP contribution in [-0.4, -0.2) is 0 Å². The maximum Gasteiger partial charge on any atom is 0.0691 e. The maximum absolute atomic E-state index is 6.13. The van der Waals surface area contributed by atoms with E-state index in [1.165, 1.54) is 0 Å². The molecule has 0 atom stereocenters. The number of halogens is 2. The van der Waals surface area contributed by atoms with Gasteiger partial charge in [-0.25, -0.2) is 0 Å². The second-order valence-electron chi connectivity index (χ2n) is 3.45. The number of rotatable bonds is 1. The van der Waals surface area contributed by atoms with E-state index in [0.29, 0.717) is 21.4 Å². The average molecular weight is 253 g/mol. The zero-order valence-corrected chi connectivity index (χ0v) is 9.89. The van der Waals surface area contributed by atoms with Crippen molar-refractivity contribution < 1.29 is 0 Å². The quantitative estimate of drug-likeness (QED) is 0.759. The van der Waals surface area contributed by atoms with Crippen LogP contribution >= 0.6 is 23.2 Å². The van der Waals surface area contributed by atoms with E-state index in [1.54, 1.807) is 18.2 Å². The smallest absolute Gasteiger partial charge is 0.0691 e. The molecule has 0 bridgehead atoms. The highest BCUT2D eigenvalue weighted by Gasteiger charge is 2.10. The molecule has 0 saturated heterocycles. The number of benzene rings is 2. The van der Waals surface area contributed by atoms with Crippen molar-refractivity contribution in [1.29, 1.82) is 0 Å². The van der Waals surface area contributed by atoms with E-state index in [2.05, 4.69) is 0 Å². The summed E-state index contributed by atoms with van der Waals surface area (Å²) in [6.07, 6.45) is 0. The van der Waals surface area contributed by atoms with Crippen LogP contribution in [0.5, 0.6) is 0 Å². The molecule has 0 radical (unpaired) electrons. The first-order valence-corrected chi connectivity index (χ1v) is 5.44. The number of hydrogen-bond donors (Lipinski definition) is 2. The van der Waals surface area contributed by atoms with Gasteiger partial charge >= 0.3 is 0 Å². The van der Waals surface area contributed by atoms with Crippen molar-refractivity contribution in [3.05, 3.63) is 46.4 Å². The van der Waals surface area contributed by atoms with E-state index in [1.807, 2.05) is 18.2 Å². The zero-order valence-electron chi connectivity index (χ0n) is 8.37. The van der Waals surface area contributed by atoms with Gasteiger partial charge in [-0.1, -0.05) is 35.3 Å². The van der Waals surface area contributed by atoms with Gasteiger partial charge < -0.3 is 11.5 Å². The van der Waals surface area contributed by atoms with E-state index in [-0.39, 0.29) is 0 Å². The molecule has 0 aliphatic carbocycles. The first-order valence-electron chi connectivity index (χ1n) is 4.69. The van der Waals surface area contributed by atoms with Gasteiger partial charge in [-0.2, -0.15) is 0 Å². The third-order valence-electron chi connectivity index (χ3n) is 2.30. The molecule has 0 saturated carbocycles. The van der Waals surface area contributed by atoms with E-state index in [9.17, 15) is 0 Å². The lowest BCUT2D eigenvalue weighted by atomic mass is 10.0. The van der Waals surface area contributed by atoms with Gasteiger partial charge in [0.2, 0.25) is 0 Å². The molecule has 0 heterocycles. The summed E-state index contributed by atoms with van der Waals surface area (Å²) in [6, 6.07) is 10.8. The molecule has 0 fully saturated rings. The Morgan fingerprint density at radius 3 is 2.38 bits per heavy atom. The van der Waals surface area contributed by atoms with Crippen LogP contribution in [0.3, 0.4) is 0 Å². The molecule has 0 aliphatic rings. The minimum Gasteiger partial charge on any atom is -0.399 e. The van der Waals surface area contributed by atoms with Gasteiger partial charge in [0, 0.05) is 16.9 Å². The van der Waals surface area contributed by atoms with Gasteiger partial charge in [-0.05, 0) is 29.8 Å². The van der Waals surface area contributed by atoms with Gasteiger partial charge in [0.05, 0.1) is 10.0 Å². The molecule has 0 aromatic heterocycles. The second kappa shape index (κ2) is 4.24. The molecule has 16 heavy (non-hydrogen) atoms. The summed E-state index contributed by atoms with van der Waals surface area (Å²) in [7, 11) is 0. The number of hydrogen-bond acceptors (Lipinski definition) is 2. The van der Waals surface area contributed by atoms with E-state index in [4.69, 9.17) is 34.7 Å². The summed E-state index contributed by atoms with van der Waals surface area (Å²) < 4.78 is 0. The SMILES string of the molecule is Nc1cccc(-c2c(N)ccc(Cl)c2Cl)c1. The van der Waals surface area contributed by atoms with Crippen molar-refractivity contribution in [2.45, 2.75) is 0 Å². The molecule has 0 spiro atoms. The normalized spacial score (nSPS) is 10.4. The van der Waals surface area contributed by atoms with Gasteiger partial charge in [0.1, 0.15) is 0 Å². The highest BCUT2D eigenvalue weighted by molar-refractivity contribution is 6.44. The molecule has 4 N–H and O–H groups in total. The van der Waals surface area contributed by atoms with Crippen molar-refractivity contribution in [3.63, 3.8) is 0 Å². The Kier molecular flexibility index (Phi) is 2.95. The van der Waals surface area contributed by atoms with Gasteiger partial charge in [-0.3, -0.25) is 0 Å². The Morgan fingerprint density at radius 2 is 1.69 bits per heavy atom. The van der Waals surface area contributed by atoms with Gasteiger partial charge in [-0.15, -0.1) is 0 Å². The van der Waals surface area contributed by atoms with Crippen LogP contribution in [0.4, 0.5) is 11.4 Å². The first kappa shape index (κ1) is 11.1. The molecule has 2 nitrogen and oxygen atoms in total. The third-order valence-corrected chi connectivity index (χ3v) is 3.11. The van der Waals surface area contributed by atoms with Crippen LogP contribution in [-0.2, 0) is 0 Å². The lowest BCUT2D eigenvalue weighted by Gasteiger charge is -2.10. The van der Waals surface area contributed by atoms with Crippen LogP contribution in [0, 0.1) is 0 Å². The molecule has 0 amide bonds. The van der Waals surface area contributed by atoms with Crippen LogP contribution < -0.4 is 11.5 Å². The predicted octanol–water partition coefficient (Wildman–Crippen LogP) is 3.82. The van der Waals surface area contributed by atoms with Crippen molar-refractivity contribution in [3.8, 4) is 11.1 Å². The summed E-state index contributed by atoms with van der Waals surface area (Å²) in [6.45, 7) is 0. The Labute approximate surface area is 104 Å². The zero-order chi connectivity index (χ0) is 11.7. The van der Waals surface area contributed by atoms with E-state index in [0.717, 1.165) is 11.1 Å². The van der Waals surface area contributed by atoms with Crippen molar-refractivity contribution >= 4 is 34.6 Å². The van der Waals surface area contributed by atoms with Gasteiger partial charge in [0.25, 0.3) is 0 Å². The summed E-state index contributed by atoms with van der Waals surface area (Å²) in [4.78, 5) is 0. The van der Waals surface area contributed by atoms with E-state index < -0.39 is 0 Å². The molecule has 0 aliphatic heterocycles. The standard InChI is InChI=1S/C12H10Cl2N2/c13-9-4-5-10(16)11(12(9)14)7-2-1-3-8(15)6-7/h1-6H,15-16H2. The topological polar surface area (TPSA) is 52.0 Å². The fraction of sp³-hybridized carbons (Fsp3) is 0. The number of nitrogen functional groups attached to an aromatic ring is 2. The molecule has 2 aromatic carbocycles. The highest BCUT2D eigenvalue weighted by atomic mass is 35.5. The maximum atomic E-state index is 6.13. The molecule has 82 valence electrons.